The van der Waals surface area contributed by atoms with E-state index < -0.39 is 19.9 Å². The van der Waals surface area contributed by atoms with E-state index in [0.717, 1.165) is 11.8 Å². The van der Waals surface area contributed by atoms with E-state index in [1.807, 2.05) is 0 Å². The minimum Gasteiger partial charge on any atom is -0.497 e. The average molecular weight is 414 g/mol. The summed E-state index contributed by atoms with van der Waals surface area (Å²) in [6, 6.07) is 9.34. The van der Waals surface area contributed by atoms with Crippen LogP contribution >= 0.6 is 0 Å². The Balaban J connectivity index is 2.21. The summed E-state index contributed by atoms with van der Waals surface area (Å²) in [6.07, 6.45) is 1.42. The van der Waals surface area contributed by atoms with Crippen LogP contribution in [0.2, 0.25) is 0 Å². The molecule has 2 aromatic rings. The Morgan fingerprint density at radius 2 is 1.67 bits per heavy atom. The van der Waals surface area contributed by atoms with Gasteiger partial charge in [-0.25, -0.2) is 21.6 Å². The molecule has 0 fully saturated rings. The fraction of sp³-hybridized carbons (Fsp3) is 0.333. The van der Waals surface area contributed by atoms with Crippen molar-refractivity contribution >= 4 is 19.9 Å². The van der Waals surface area contributed by atoms with E-state index in [4.69, 9.17) is 9.47 Å². The molecule has 0 heterocycles. The number of methoxy groups -OCH3 is 2. The van der Waals surface area contributed by atoms with Crippen molar-refractivity contribution in [3.05, 3.63) is 47.5 Å². The van der Waals surface area contributed by atoms with Crippen molar-refractivity contribution in [3.8, 4) is 11.5 Å². The van der Waals surface area contributed by atoms with Gasteiger partial charge in [0.25, 0.3) is 0 Å². The van der Waals surface area contributed by atoms with Crippen LogP contribution in [0.25, 0.3) is 0 Å². The average Bonchev–Trinajstić information content (AvgIpc) is 2.60. The molecule has 0 bridgehead atoms. The monoisotopic (exact) mass is 413 g/mol. The predicted molar refractivity (Wildman–Crippen MR) is 103 cm³/mol. The molecule has 0 unspecified atom stereocenters. The summed E-state index contributed by atoms with van der Waals surface area (Å²) >= 11 is 0. The molecule has 0 saturated heterocycles. The molecule has 0 amide bonds. The largest absolute Gasteiger partial charge is 0.497 e. The van der Waals surface area contributed by atoms with Gasteiger partial charge < -0.3 is 9.47 Å². The molecule has 0 atom stereocenters. The van der Waals surface area contributed by atoms with Gasteiger partial charge in [0.2, 0.25) is 10.0 Å². The van der Waals surface area contributed by atoms with Crippen molar-refractivity contribution in [1.29, 1.82) is 0 Å². The van der Waals surface area contributed by atoms with Gasteiger partial charge in [-0.2, -0.15) is 0 Å². The molecule has 9 heteroatoms. The summed E-state index contributed by atoms with van der Waals surface area (Å²) in [5.74, 6) is 1.27. The molecule has 0 radical (unpaired) electrons. The molecule has 1 N–H and O–H groups in total. The van der Waals surface area contributed by atoms with Gasteiger partial charge in [-0.3, -0.25) is 0 Å². The number of hydrogen-bond donors (Lipinski definition) is 1. The Labute approximate surface area is 160 Å². The fourth-order valence-electron chi connectivity index (χ4n) is 2.58. The highest BCUT2D eigenvalue weighted by atomic mass is 32.2. The zero-order chi connectivity index (χ0) is 20.2. The third-order valence-corrected chi connectivity index (χ3v) is 6.76. The highest BCUT2D eigenvalue weighted by Crippen LogP contribution is 2.24. The first-order valence-corrected chi connectivity index (χ1v) is 11.5. The highest BCUT2D eigenvalue weighted by Gasteiger charge is 2.20. The summed E-state index contributed by atoms with van der Waals surface area (Å²) in [4.78, 5) is -0.0917. The van der Waals surface area contributed by atoms with Crippen LogP contribution in [0.1, 0.15) is 11.1 Å². The molecule has 0 aliphatic carbocycles. The molecular formula is C18H23NO6S2. The van der Waals surface area contributed by atoms with E-state index in [1.165, 1.54) is 25.3 Å². The number of rotatable bonds is 8. The van der Waals surface area contributed by atoms with Crippen molar-refractivity contribution in [2.24, 2.45) is 0 Å². The van der Waals surface area contributed by atoms with Crippen LogP contribution < -0.4 is 14.2 Å². The van der Waals surface area contributed by atoms with Crippen LogP contribution in [0.5, 0.6) is 11.5 Å². The summed E-state index contributed by atoms with van der Waals surface area (Å²) in [6.45, 7) is 1.74. The van der Waals surface area contributed by atoms with Crippen molar-refractivity contribution in [2.75, 3.05) is 27.0 Å². The quantitative estimate of drug-likeness (QED) is 0.710. The summed E-state index contributed by atoms with van der Waals surface area (Å²) < 4.78 is 61.7. The lowest BCUT2D eigenvalue weighted by atomic mass is 10.1. The van der Waals surface area contributed by atoms with Gasteiger partial charge >= 0.3 is 0 Å². The van der Waals surface area contributed by atoms with Crippen LogP contribution in [0.4, 0.5) is 0 Å². The standard InChI is InChI=1S/C18H23NO6S2/c1-13-5-7-16(26(4,20)21)12-18(13)27(22,23)19-10-9-14-11-15(24-2)6-8-17(14)25-3/h5-8,11-12,19H,9-10H2,1-4H3. The molecule has 0 aromatic heterocycles. The van der Waals surface area contributed by atoms with Gasteiger partial charge in [0.05, 0.1) is 24.0 Å². The number of hydrogen-bond acceptors (Lipinski definition) is 6. The molecule has 0 saturated carbocycles. The lowest BCUT2D eigenvalue weighted by molar-refractivity contribution is 0.398. The third-order valence-electron chi connectivity index (χ3n) is 4.05. The van der Waals surface area contributed by atoms with E-state index in [2.05, 4.69) is 4.72 Å². The molecule has 27 heavy (non-hydrogen) atoms. The molecule has 2 rings (SSSR count). The number of aryl methyl sites for hydroxylation is 1. The van der Waals surface area contributed by atoms with E-state index in [-0.39, 0.29) is 16.3 Å². The number of ether oxygens (including phenoxy) is 2. The van der Waals surface area contributed by atoms with Crippen LogP contribution in [0.3, 0.4) is 0 Å². The van der Waals surface area contributed by atoms with Crippen LogP contribution in [0.15, 0.2) is 46.2 Å². The molecule has 148 valence electrons. The Hall–Kier alpha value is -2.10. The van der Waals surface area contributed by atoms with Crippen LogP contribution in [-0.4, -0.2) is 43.9 Å². The fourth-order valence-corrected chi connectivity index (χ4v) is 4.60. The van der Waals surface area contributed by atoms with Gasteiger partial charge in [0, 0.05) is 12.8 Å². The summed E-state index contributed by atoms with van der Waals surface area (Å²) in [7, 11) is -4.29. The van der Waals surface area contributed by atoms with Crippen molar-refractivity contribution in [2.45, 2.75) is 23.1 Å². The molecule has 0 aliphatic heterocycles. The minimum atomic E-state index is -3.87. The van der Waals surface area contributed by atoms with E-state index in [9.17, 15) is 16.8 Å². The Morgan fingerprint density at radius 1 is 0.963 bits per heavy atom. The third kappa shape index (κ3) is 5.21. The van der Waals surface area contributed by atoms with Gasteiger partial charge in [-0.15, -0.1) is 0 Å². The van der Waals surface area contributed by atoms with Crippen LogP contribution in [-0.2, 0) is 26.3 Å². The first-order valence-electron chi connectivity index (χ1n) is 8.10. The summed E-state index contributed by atoms with van der Waals surface area (Å²) in [5.41, 5.74) is 1.26. The normalized spacial score (nSPS) is 12.0. The summed E-state index contributed by atoms with van der Waals surface area (Å²) in [5, 5.41) is 0. The van der Waals surface area contributed by atoms with Crippen molar-refractivity contribution in [1.82, 2.24) is 4.72 Å². The second-order valence-corrected chi connectivity index (χ2v) is 9.78. The Bertz CT molecular complexity index is 1030. The predicted octanol–water partition coefficient (Wildman–Crippen LogP) is 1.94. The maximum absolute atomic E-state index is 12.6. The minimum absolute atomic E-state index is 0.0389. The molecule has 7 nitrogen and oxygen atoms in total. The maximum Gasteiger partial charge on any atom is 0.240 e. The number of benzene rings is 2. The SMILES string of the molecule is COc1ccc(OC)c(CCNS(=O)(=O)c2cc(S(C)(=O)=O)ccc2C)c1. The van der Waals surface area contributed by atoms with Gasteiger partial charge in [-0.1, -0.05) is 6.07 Å². The first kappa shape index (κ1) is 21.2. The second kappa shape index (κ2) is 8.28. The number of nitrogens with one attached hydrogen (secondary N) is 1. The van der Waals surface area contributed by atoms with Crippen molar-refractivity contribution < 1.29 is 26.3 Å². The van der Waals surface area contributed by atoms with E-state index in [1.54, 1.807) is 32.2 Å². The van der Waals surface area contributed by atoms with E-state index >= 15 is 0 Å². The first-order chi connectivity index (χ1) is 12.6. The zero-order valence-electron chi connectivity index (χ0n) is 15.6. The van der Waals surface area contributed by atoms with Crippen molar-refractivity contribution in [3.63, 3.8) is 0 Å². The molecular weight excluding hydrogens is 390 g/mol. The Kier molecular flexibility index (Phi) is 6.50. The molecule has 0 spiro atoms. The number of sulfone groups is 1. The smallest absolute Gasteiger partial charge is 0.240 e. The highest BCUT2D eigenvalue weighted by molar-refractivity contribution is 7.91. The molecule has 0 aliphatic rings. The van der Waals surface area contributed by atoms with Gasteiger partial charge in [-0.05, 0) is 54.8 Å². The molecule has 2 aromatic carbocycles. The second-order valence-electron chi connectivity index (χ2n) is 6.03. The topological polar surface area (TPSA) is 98.8 Å². The lowest BCUT2D eigenvalue weighted by Crippen LogP contribution is -2.27. The maximum atomic E-state index is 12.6. The number of sulfonamides is 1. The van der Waals surface area contributed by atoms with Gasteiger partial charge in [0.15, 0.2) is 9.84 Å². The van der Waals surface area contributed by atoms with E-state index in [0.29, 0.717) is 23.5 Å². The van der Waals surface area contributed by atoms with Crippen LogP contribution in [0, 0.1) is 6.92 Å². The zero-order valence-corrected chi connectivity index (χ0v) is 17.3. The Morgan fingerprint density at radius 3 is 2.26 bits per heavy atom. The lowest BCUT2D eigenvalue weighted by Gasteiger charge is -2.13. The van der Waals surface area contributed by atoms with Gasteiger partial charge in [0.1, 0.15) is 11.5 Å².